The first-order valence-corrected chi connectivity index (χ1v) is 8.72. The predicted octanol–water partition coefficient (Wildman–Crippen LogP) is 4.66. The second kappa shape index (κ2) is 6.56. The minimum atomic E-state index is -2.69. The first kappa shape index (κ1) is 16.8. The van der Waals surface area contributed by atoms with E-state index >= 15 is 0 Å². The average Bonchev–Trinajstić information content (AvgIpc) is 2.94. The number of aldehydes is 1. The van der Waals surface area contributed by atoms with Gasteiger partial charge in [0.25, 0.3) is 5.92 Å². The fourth-order valence-electron chi connectivity index (χ4n) is 3.73. The molecule has 0 bridgehead atoms. The zero-order chi connectivity index (χ0) is 18.1. The molecule has 134 valence electrons. The lowest BCUT2D eigenvalue weighted by molar-refractivity contribution is -0.0125. The van der Waals surface area contributed by atoms with E-state index in [2.05, 4.69) is 4.57 Å². The van der Waals surface area contributed by atoms with Crippen molar-refractivity contribution in [2.24, 2.45) is 0 Å². The van der Waals surface area contributed by atoms with Gasteiger partial charge >= 0.3 is 0 Å². The van der Waals surface area contributed by atoms with Crippen LogP contribution in [0, 0.1) is 0 Å². The zero-order valence-electron chi connectivity index (χ0n) is 14.3. The Labute approximate surface area is 150 Å². The molecule has 26 heavy (non-hydrogen) atoms. The van der Waals surface area contributed by atoms with Crippen LogP contribution in [-0.2, 0) is 19.4 Å². The van der Waals surface area contributed by atoms with Gasteiger partial charge in [0.05, 0.1) is 6.54 Å². The van der Waals surface area contributed by atoms with Crippen molar-refractivity contribution >= 4 is 17.2 Å². The highest BCUT2D eigenvalue weighted by Gasteiger charge is 2.37. The first-order chi connectivity index (χ1) is 12.6. The van der Waals surface area contributed by atoms with Crippen molar-refractivity contribution in [1.29, 1.82) is 0 Å². The topological polar surface area (TPSA) is 31.2 Å². The van der Waals surface area contributed by atoms with E-state index in [9.17, 15) is 13.6 Å². The molecule has 3 nitrogen and oxygen atoms in total. The number of aromatic nitrogens is 1. The third-order valence-corrected chi connectivity index (χ3v) is 4.94. The monoisotopic (exact) mass is 355 g/mol. The molecule has 0 aliphatic heterocycles. The van der Waals surface area contributed by atoms with Crippen molar-refractivity contribution in [3.63, 3.8) is 0 Å². The SMILES string of the molecule is O=Cc1ccc2c(c1)c1c(n2CCOc2ccccc2)CCC(F)(F)C1. The van der Waals surface area contributed by atoms with E-state index in [4.69, 9.17) is 4.74 Å². The second-order valence-corrected chi connectivity index (χ2v) is 6.67. The average molecular weight is 355 g/mol. The van der Waals surface area contributed by atoms with Gasteiger partial charge in [-0.05, 0) is 42.3 Å². The Morgan fingerprint density at radius 1 is 1.15 bits per heavy atom. The molecule has 0 unspecified atom stereocenters. The Morgan fingerprint density at radius 3 is 2.73 bits per heavy atom. The molecule has 0 saturated heterocycles. The Kier molecular flexibility index (Phi) is 4.23. The summed E-state index contributed by atoms with van der Waals surface area (Å²) in [5, 5.41) is 0.753. The number of carbonyl (C=O) groups is 1. The Morgan fingerprint density at radius 2 is 1.96 bits per heavy atom. The molecule has 0 fully saturated rings. The van der Waals surface area contributed by atoms with Crippen molar-refractivity contribution in [3.05, 3.63) is 65.4 Å². The van der Waals surface area contributed by atoms with Crippen LogP contribution in [0.1, 0.15) is 28.0 Å². The fraction of sp³-hybridized carbons (Fsp3) is 0.286. The quantitative estimate of drug-likeness (QED) is 0.624. The van der Waals surface area contributed by atoms with Gasteiger partial charge in [-0.3, -0.25) is 4.79 Å². The van der Waals surface area contributed by atoms with E-state index in [1.54, 1.807) is 12.1 Å². The molecular weight excluding hydrogens is 336 g/mol. The van der Waals surface area contributed by atoms with E-state index in [1.807, 2.05) is 36.4 Å². The van der Waals surface area contributed by atoms with Gasteiger partial charge in [-0.15, -0.1) is 0 Å². The summed E-state index contributed by atoms with van der Waals surface area (Å²) >= 11 is 0. The van der Waals surface area contributed by atoms with Crippen molar-refractivity contribution in [2.45, 2.75) is 31.7 Å². The van der Waals surface area contributed by atoms with E-state index < -0.39 is 5.92 Å². The highest BCUT2D eigenvalue weighted by atomic mass is 19.3. The van der Waals surface area contributed by atoms with Crippen molar-refractivity contribution in [3.8, 4) is 5.75 Å². The molecule has 3 aromatic rings. The molecule has 1 heterocycles. The molecule has 0 saturated carbocycles. The molecule has 5 heteroatoms. The maximum absolute atomic E-state index is 14.0. The molecule has 0 atom stereocenters. The van der Waals surface area contributed by atoms with E-state index in [0.717, 1.165) is 28.6 Å². The summed E-state index contributed by atoms with van der Waals surface area (Å²) in [6.07, 6.45) is 0.672. The lowest BCUT2D eigenvalue weighted by atomic mass is 9.92. The number of hydrogen-bond donors (Lipinski definition) is 0. The lowest BCUT2D eigenvalue weighted by Crippen LogP contribution is -2.27. The molecule has 0 amide bonds. The molecule has 4 rings (SSSR count). The van der Waals surface area contributed by atoms with Crippen molar-refractivity contribution in [1.82, 2.24) is 4.57 Å². The second-order valence-electron chi connectivity index (χ2n) is 6.67. The smallest absolute Gasteiger partial charge is 0.252 e. The number of benzene rings is 2. The first-order valence-electron chi connectivity index (χ1n) is 8.72. The molecule has 0 spiro atoms. The third-order valence-electron chi connectivity index (χ3n) is 4.94. The van der Waals surface area contributed by atoms with E-state index in [0.29, 0.717) is 30.7 Å². The highest BCUT2D eigenvalue weighted by Crippen LogP contribution is 2.39. The molecular formula is C21H19F2NO2. The van der Waals surface area contributed by atoms with E-state index in [-0.39, 0.29) is 12.8 Å². The summed E-state index contributed by atoms with van der Waals surface area (Å²) < 4.78 is 35.8. The largest absolute Gasteiger partial charge is 0.492 e. The predicted molar refractivity (Wildman–Crippen MR) is 96.2 cm³/mol. The zero-order valence-corrected chi connectivity index (χ0v) is 14.3. The number of ether oxygens (including phenoxy) is 1. The molecule has 0 radical (unpaired) electrons. The van der Waals surface area contributed by atoms with Crippen LogP contribution in [0.25, 0.3) is 10.9 Å². The van der Waals surface area contributed by atoms with Crippen LogP contribution in [0.2, 0.25) is 0 Å². The van der Waals surface area contributed by atoms with Gasteiger partial charge in [-0.25, -0.2) is 8.78 Å². The number of para-hydroxylation sites is 1. The maximum atomic E-state index is 14.0. The van der Waals surface area contributed by atoms with Gasteiger partial charge in [0, 0.05) is 35.0 Å². The summed E-state index contributed by atoms with van der Waals surface area (Å²) in [5.74, 6) is -1.91. The number of carbonyl (C=O) groups excluding carboxylic acids is 1. The number of rotatable bonds is 5. The highest BCUT2D eigenvalue weighted by molar-refractivity contribution is 5.91. The fourth-order valence-corrected chi connectivity index (χ4v) is 3.73. The van der Waals surface area contributed by atoms with Crippen LogP contribution in [0.4, 0.5) is 8.78 Å². The van der Waals surface area contributed by atoms with Crippen LogP contribution < -0.4 is 4.74 Å². The summed E-state index contributed by atoms with van der Waals surface area (Å²) in [5.41, 5.74) is 2.99. The third kappa shape index (κ3) is 3.09. The van der Waals surface area contributed by atoms with Gasteiger partial charge in [-0.1, -0.05) is 18.2 Å². The van der Waals surface area contributed by atoms with Crippen LogP contribution in [-0.4, -0.2) is 23.4 Å². The summed E-state index contributed by atoms with van der Waals surface area (Å²) in [6.45, 7) is 1.03. The van der Waals surface area contributed by atoms with Crippen LogP contribution in [0.5, 0.6) is 5.75 Å². The van der Waals surface area contributed by atoms with Crippen LogP contribution in [0.15, 0.2) is 48.5 Å². The lowest BCUT2D eigenvalue weighted by Gasteiger charge is -2.23. The Hall–Kier alpha value is -2.69. The van der Waals surface area contributed by atoms with Crippen LogP contribution >= 0.6 is 0 Å². The molecule has 0 N–H and O–H groups in total. The van der Waals surface area contributed by atoms with E-state index in [1.165, 1.54) is 0 Å². The standard InChI is InChI=1S/C21H19F2NO2/c22-21(23)9-8-20-18(13-21)17-12-15(14-25)6-7-19(17)24(20)10-11-26-16-4-2-1-3-5-16/h1-7,12,14H,8-11,13H2. The normalized spacial score (nSPS) is 15.6. The number of hydrogen-bond acceptors (Lipinski definition) is 2. The van der Waals surface area contributed by atoms with Gasteiger partial charge in [0.2, 0.25) is 0 Å². The number of alkyl halides is 2. The summed E-state index contributed by atoms with van der Waals surface area (Å²) in [7, 11) is 0. The van der Waals surface area contributed by atoms with Gasteiger partial charge in [-0.2, -0.15) is 0 Å². The van der Waals surface area contributed by atoms with Gasteiger partial charge in [0.15, 0.2) is 0 Å². The summed E-state index contributed by atoms with van der Waals surface area (Å²) in [6, 6.07) is 14.8. The van der Waals surface area contributed by atoms with Gasteiger partial charge < -0.3 is 9.30 Å². The number of halogens is 2. The minimum absolute atomic E-state index is 0.142. The molecule has 1 aromatic heterocycles. The number of nitrogens with zero attached hydrogens (tertiary/aromatic N) is 1. The summed E-state index contributed by atoms with van der Waals surface area (Å²) in [4.78, 5) is 11.1. The molecule has 1 aliphatic rings. The van der Waals surface area contributed by atoms with Crippen LogP contribution in [0.3, 0.4) is 0 Å². The minimum Gasteiger partial charge on any atom is -0.492 e. The molecule has 1 aliphatic carbocycles. The van der Waals surface area contributed by atoms with Crippen molar-refractivity contribution in [2.75, 3.05) is 6.61 Å². The Balaban J connectivity index is 1.68. The maximum Gasteiger partial charge on any atom is 0.252 e. The van der Waals surface area contributed by atoms with Gasteiger partial charge in [0.1, 0.15) is 18.6 Å². The number of fused-ring (bicyclic) bond motifs is 3. The van der Waals surface area contributed by atoms with Crippen molar-refractivity contribution < 1.29 is 18.3 Å². The Bertz CT molecular complexity index is 948. The molecule has 2 aromatic carbocycles.